The smallest absolute Gasteiger partial charge is 0.262 e. The molecule has 11 nitrogen and oxygen atoms in total. The minimum Gasteiger partial charge on any atom is -0.388 e. The Morgan fingerprint density at radius 2 is 1.72 bits per heavy atom. The molecule has 0 aliphatic carbocycles. The summed E-state index contributed by atoms with van der Waals surface area (Å²) >= 11 is 1.70. The molecule has 4 aromatic heterocycles. The van der Waals surface area contributed by atoms with E-state index in [0.29, 0.717) is 37.0 Å². The largest absolute Gasteiger partial charge is 0.388 e. The van der Waals surface area contributed by atoms with E-state index in [-0.39, 0.29) is 29.8 Å². The zero-order valence-electron chi connectivity index (χ0n) is 31.0. The molecule has 1 N–H and O–H groups in total. The molecule has 2 atom stereocenters. The van der Waals surface area contributed by atoms with Gasteiger partial charge in [-0.25, -0.2) is 9.97 Å². The van der Waals surface area contributed by atoms with Gasteiger partial charge in [-0.2, -0.15) is 0 Å². The first-order chi connectivity index (χ1) is 26.1. The molecule has 6 aromatic rings. The van der Waals surface area contributed by atoms with Crippen molar-refractivity contribution in [2.75, 3.05) is 45.2 Å². The van der Waals surface area contributed by atoms with Crippen LogP contribution < -0.4 is 10.5 Å². The van der Waals surface area contributed by atoms with Crippen LogP contribution in [0.15, 0.2) is 103 Å². The first-order valence-corrected chi connectivity index (χ1v) is 19.5. The zero-order chi connectivity index (χ0) is 37.4. The van der Waals surface area contributed by atoms with E-state index in [2.05, 4.69) is 38.1 Å². The van der Waals surface area contributed by atoms with Crippen LogP contribution in [0.4, 0.5) is 5.69 Å². The van der Waals surface area contributed by atoms with E-state index < -0.39 is 5.60 Å². The number of pyridine rings is 1. The first kappa shape index (κ1) is 35.8. The summed E-state index contributed by atoms with van der Waals surface area (Å²) in [5.41, 5.74) is 4.46. The Labute approximate surface area is 319 Å². The number of fused-ring (bicyclic) bond motifs is 1. The summed E-state index contributed by atoms with van der Waals surface area (Å²) in [6, 6.07) is 24.3. The highest BCUT2D eigenvalue weighted by atomic mass is 32.1. The van der Waals surface area contributed by atoms with Gasteiger partial charge in [0.2, 0.25) is 5.91 Å². The van der Waals surface area contributed by atoms with Crippen LogP contribution in [0.3, 0.4) is 0 Å². The Hall–Kier alpha value is -5.17. The lowest BCUT2D eigenvalue weighted by molar-refractivity contribution is -0.142. The lowest BCUT2D eigenvalue weighted by Gasteiger charge is -2.43. The van der Waals surface area contributed by atoms with Crippen LogP contribution in [0.5, 0.6) is 0 Å². The molecule has 0 saturated carbocycles. The van der Waals surface area contributed by atoms with Gasteiger partial charge in [-0.1, -0.05) is 30.3 Å². The number of carbonyl (C=O) groups is 1. The summed E-state index contributed by atoms with van der Waals surface area (Å²) in [7, 11) is 3.99. The number of aryl methyl sites for hydroxylation is 1. The second-order valence-corrected chi connectivity index (χ2v) is 16.1. The molecule has 0 spiro atoms. The van der Waals surface area contributed by atoms with Gasteiger partial charge in [-0.05, 0) is 80.8 Å². The van der Waals surface area contributed by atoms with Gasteiger partial charge < -0.3 is 19.5 Å². The van der Waals surface area contributed by atoms with Crippen molar-refractivity contribution in [1.29, 1.82) is 0 Å². The van der Waals surface area contributed by atoms with Gasteiger partial charge in [-0.3, -0.25) is 24.0 Å². The van der Waals surface area contributed by atoms with E-state index in [4.69, 9.17) is 0 Å². The molecule has 2 saturated heterocycles. The number of aromatic nitrogens is 5. The highest BCUT2D eigenvalue weighted by molar-refractivity contribution is 7.15. The average Bonchev–Trinajstić information content (AvgIpc) is 3.85. The maximum atomic E-state index is 14.3. The minimum absolute atomic E-state index is 0.0524. The first-order valence-electron chi connectivity index (χ1n) is 18.6. The Morgan fingerprint density at radius 3 is 2.44 bits per heavy atom. The van der Waals surface area contributed by atoms with E-state index in [1.54, 1.807) is 17.4 Å². The summed E-state index contributed by atoms with van der Waals surface area (Å²) in [6.07, 6.45) is 8.78. The number of rotatable bonds is 9. The molecular formula is C42H46N8O3S. The molecule has 6 heterocycles. The van der Waals surface area contributed by atoms with Crippen LogP contribution in [0.2, 0.25) is 0 Å². The van der Waals surface area contributed by atoms with Crippen molar-refractivity contribution in [1.82, 2.24) is 33.9 Å². The molecule has 1 amide bonds. The Morgan fingerprint density at radius 1 is 0.944 bits per heavy atom. The van der Waals surface area contributed by atoms with Gasteiger partial charge in [0.05, 0.1) is 17.5 Å². The predicted octanol–water partition coefficient (Wildman–Crippen LogP) is 5.74. The second-order valence-electron chi connectivity index (χ2n) is 15.0. The number of anilines is 1. The average molecular weight is 743 g/mol. The SMILES string of the molecule is Cc1ccc(-c2ncc(CN3CC[C@@H](C(=O)N4CCC(O)(Cn5cnc6c(ccn6-c6ccc(N(C)C)cc6)c5=O)CC4)[C@H](c4ccccc4)C3)s2)cn1. The minimum atomic E-state index is -1.12. The van der Waals surface area contributed by atoms with Crippen molar-refractivity contribution in [3.63, 3.8) is 0 Å². The fourth-order valence-corrected chi connectivity index (χ4v) is 8.91. The third-order valence-corrected chi connectivity index (χ3v) is 12.1. The van der Waals surface area contributed by atoms with Crippen molar-refractivity contribution in [2.45, 2.75) is 50.8 Å². The number of amides is 1. The Balaban J connectivity index is 0.921. The van der Waals surface area contributed by atoms with Crippen LogP contribution >= 0.6 is 11.3 Å². The van der Waals surface area contributed by atoms with Crippen LogP contribution in [-0.4, -0.2) is 90.8 Å². The molecule has 54 heavy (non-hydrogen) atoms. The molecule has 0 bridgehead atoms. The number of piperidine rings is 2. The maximum absolute atomic E-state index is 14.3. The number of aliphatic hydroxyl groups is 1. The third kappa shape index (κ3) is 7.33. The molecule has 2 aliphatic rings. The van der Waals surface area contributed by atoms with Crippen molar-refractivity contribution >= 4 is 34.0 Å². The van der Waals surface area contributed by atoms with Crippen molar-refractivity contribution in [3.05, 3.63) is 124 Å². The maximum Gasteiger partial charge on any atom is 0.262 e. The highest BCUT2D eigenvalue weighted by Crippen LogP contribution is 2.37. The molecule has 8 rings (SSSR count). The summed E-state index contributed by atoms with van der Waals surface area (Å²) in [5.74, 6) is 0.0529. The number of hydrogen-bond acceptors (Lipinski definition) is 9. The molecule has 2 fully saturated rings. The van der Waals surface area contributed by atoms with Crippen LogP contribution in [-0.2, 0) is 17.9 Å². The lowest BCUT2D eigenvalue weighted by atomic mass is 9.79. The number of carbonyl (C=O) groups excluding carboxylic acids is 1. The second kappa shape index (κ2) is 14.9. The van der Waals surface area contributed by atoms with Gasteiger partial charge in [0.1, 0.15) is 11.3 Å². The Bertz CT molecular complexity index is 2290. The number of benzene rings is 2. The molecule has 2 aliphatic heterocycles. The summed E-state index contributed by atoms with van der Waals surface area (Å²) in [5, 5.41) is 13.2. The highest BCUT2D eigenvalue weighted by Gasteiger charge is 2.41. The van der Waals surface area contributed by atoms with E-state index >= 15 is 0 Å². The Kier molecular flexibility index (Phi) is 9.91. The van der Waals surface area contributed by atoms with Crippen molar-refractivity contribution in [3.8, 4) is 16.3 Å². The van der Waals surface area contributed by atoms with Crippen molar-refractivity contribution < 1.29 is 9.90 Å². The molecule has 12 heteroatoms. The van der Waals surface area contributed by atoms with Gasteiger partial charge in [0.25, 0.3) is 5.56 Å². The number of hydrogen-bond donors (Lipinski definition) is 1. The number of nitrogens with zero attached hydrogens (tertiary/aromatic N) is 8. The fourth-order valence-electron chi connectivity index (χ4n) is 7.97. The summed E-state index contributed by atoms with van der Waals surface area (Å²) in [4.78, 5) is 49.3. The molecule has 278 valence electrons. The normalized spacial score (nSPS) is 18.9. The van der Waals surface area contributed by atoms with Gasteiger partial charge in [0.15, 0.2) is 5.65 Å². The quantitative estimate of drug-likeness (QED) is 0.200. The molecule has 0 radical (unpaired) electrons. The number of likely N-dealkylation sites (tertiary alicyclic amines) is 2. The van der Waals surface area contributed by atoms with E-state index in [1.165, 1.54) is 21.3 Å². The fraction of sp³-hybridized carbons (Fsp3) is 0.357. The molecule has 2 aromatic carbocycles. The van der Waals surface area contributed by atoms with Gasteiger partial charge in [-0.15, -0.1) is 11.3 Å². The lowest BCUT2D eigenvalue weighted by Crippen LogP contribution is -2.53. The van der Waals surface area contributed by atoms with Crippen molar-refractivity contribution in [2.24, 2.45) is 5.92 Å². The molecular weight excluding hydrogens is 697 g/mol. The predicted molar refractivity (Wildman–Crippen MR) is 213 cm³/mol. The van der Waals surface area contributed by atoms with Crippen LogP contribution in [0.25, 0.3) is 27.3 Å². The van der Waals surface area contributed by atoms with Gasteiger partial charge in [0, 0.05) is 98.2 Å². The monoisotopic (exact) mass is 742 g/mol. The topological polar surface area (TPSA) is 113 Å². The van der Waals surface area contributed by atoms with E-state index in [9.17, 15) is 14.7 Å². The summed E-state index contributed by atoms with van der Waals surface area (Å²) in [6.45, 7) is 5.38. The van der Waals surface area contributed by atoms with Crippen LogP contribution in [0.1, 0.15) is 41.3 Å². The standard InChI is InChI=1S/C42H46N8O3S/c1-29-9-10-31(23-43-29)39-44-24-34(54-39)25-47-19-15-35(37(26-47)30-7-5-4-6-8-30)40(51)48-21-17-42(53,18-22-48)27-49-28-45-38-36(41(49)52)16-20-50(38)33-13-11-32(12-14-33)46(2)3/h4-14,16,20,23-24,28,35,37,53H,15,17-19,21-22,25-27H2,1-3H3/t35-,37+/m1/s1. The van der Waals surface area contributed by atoms with Crippen LogP contribution in [0, 0.1) is 12.8 Å². The van der Waals surface area contributed by atoms with Gasteiger partial charge >= 0.3 is 0 Å². The summed E-state index contributed by atoms with van der Waals surface area (Å²) < 4.78 is 3.43. The number of thiazole rings is 1. The molecule has 0 unspecified atom stereocenters. The van der Waals surface area contributed by atoms with E-state index in [0.717, 1.165) is 53.7 Å². The van der Waals surface area contributed by atoms with E-state index in [1.807, 2.05) is 103 Å². The zero-order valence-corrected chi connectivity index (χ0v) is 31.8. The third-order valence-electron chi connectivity index (χ3n) is 11.1.